The van der Waals surface area contributed by atoms with Crippen LogP contribution in [0.4, 0.5) is 0 Å². The van der Waals surface area contributed by atoms with Gasteiger partial charge in [0.25, 0.3) is 5.91 Å². The van der Waals surface area contributed by atoms with Crippen molar-refractivity contribution in [3.8, 4) is 0 Å². The summed E-state index contributed by atoms with van der Waals surface area (Å²) in [4.78, 5) is 32.2. The van der Waals surface area contributed by atoms with E-state index in [0.29, 0.717) is 18.5 Å². The Hall–Kier alpha value is -3.34. The van der Waals surface area contributed by atoms with Gasteiger partial charge in [-0.15, -0.1) is 0 Å². The van der Waals surface area contributed by atoms with Gasteiger partial charge in [-0.3, -0.25) is 9.59 Å². The third-order valence-corrected chi connectivity index (χ3v) is 7.28. The molecule has 2 atom stereocenters. The zero-order valence-electron chi connectivity index (χ0n) is 18.1. The first-order valence-corrected chi connectivity index (χ1v) is 11.7. The molecule has 2 aliphatic heterocycles. The molecule has 1 aromatic heterocycles. The lowest BCUT2D eigenvalue weighted by atomic mass is 9.90. The first-order chi connectivity index (χ1) is 15.7. The molecule has 5 heteroatoms. The quantitative estimate of drug-likeness (QED) is 0.598. The van der Waals surface area contributed by atoms with Crippen molar-refractivity contribution in [3.05, 3.63) is 82.6 Å². The number of H-pyrrole nitrogens is 1. The number of rotatable bonds is 4. The summed E-state index contributed by atoms with van der Waals surface area (Å²) in [6.45, 7) is 0.627. The normalized spacial score (nSPS) is 21.7. The van der Waals surface area contributed by atoms with Crippen LogP contribution in [-0.4, -0.2) is 34.3 Å². The van der Waals surface area contributed by atoms with E-state index in [1.807, 2.05) is 36.4 Å². The Balaban J connectivity index is 1.35. The second kappa shape index (κ2) is 7.66. The highest BCUT2D eigenvalue weighted by molar-refractivity contribution is 6.03. The summed E-state index contributed by atoms with van der Waals surface area (Å²) in [6.07, 6.45) is 8.55. The number of amides is 2. The van der Waals surface area contributed by atoms with Gasteiger partial charge in [0.2, 0.25) is 5.91 Å². The predicted octanol–water partition coefficient (Wildman–Crippen LogP) is 4.64. The number of nitrogens with zero attached hydrogens (tertiary/aromatic N) is 1. The third kappa shape index (κ3) is 2.99. The van der Waals surface area contributed by atoms with Gasteiger partial charge in [-0.25, -0.2) is 0 Å². The lowest BCUT2D eigenvalue weighted by Crippen LogP contribution is -2.52. The lowest BCUT2D eigenvalue weighted by molar-refractivity contribution is -0.126. The molecule has 1 aliphatic carbocycles. The maximum Gasteiger partial charge on any atom is 0.255 e. The molecule has 3 heterocycles. The molecular formula is C27H27N3O2. The van der Waals surface area contributed by atoms with Crippen LogP contribution in [-0.2, 0) is 11.2 Å². The number of nitrogens with one attached hydrogen (secondary N) is 2. The Bertz CT molecular complexity index is 1250. The minimum absolute atomic E-state index is 0.0509. The smallest absolute Gasteiger partial charge is 0.255 e. The van der Waals surface area contributed by atoms with Crippen LogP contribution >= 0.6 is 0 Å². The van der Waals surface area contributed by atoms with Crippen LogP contribution in [0.1, 0.15) is 65.3 Å². The predicted molar refractivity (Wildman–Crippen MR) is 124 cm³/mol. The minimum Gasteiger partial charge on any atom is -0.356 e. The number of para-hydroxylation sites is 1. The second-order valence-corrected chi connectivity index (χ2v) is 9.13. The number of carbonyl (C=O) groups is 2. The number of benzene rings is 2. The summed E-state index contributed by atoms with van der Waals surface area (Å²) in [5, 5.41) is 4.29. The van der Waals surface area contributed by atoms with E-state index >= 15 is 0 Å². The molecular weight excluding hydrogens is 398 g/mol. The van der Waals surface area contributed by atoms with Gasteiger partial charge in [-0.05, 0) is 55.4 Å². The van der Waals surface area contributed by atoms with Gasteiger partial charge in [0.05, 0.1) is 6.04 Å². The molecule has 2 aromatic carbocycles. The van der Waals surface area contributed by atoms with Crippen LogP contribution in [0, 0.1) is 0 Å². The highest BCUT2D eigenvalue weighted by atomic mass is 16.2. The zero-order chi connectivity index (χ0) is 21.7. The molecule has 5 nitrogen and oxygen atoms in total. The van der Waals surface area contributed by atoms with Gasteiger partial charge >= 0.3 is 0 Å². The molecule has 32 heavy (non-hydrogen) atoms. The largest absolute Gasteiger partial charge is 0.356 e. The molecule has 3 aliphatic rings. The molecule has 162 valence electrons. The monoisotopic (exact) mass is 425 g/mol. The van der Waals surface area contributed by atoms with Crippen LogP contribution in [0.25, 0.3) is 10.9 Å². The Morgan fingerprint density at radius 2 is 1.94 bits per heavy atom. The van der Waals surface area contributed by atoms with Gasteiger partial charge < -0.3 is 15.2 Å². The van der Waals surface area contributed by atoms with E-state index in [-0.39, 0.29) is 17.9 Å². The maximum absolute atomic E-state index is 13.4. The number of carbonyl (C=O) groups excluding carboxylic acids is 2. The Labute approximate surface area is 187 Å². The van der Waals surface area contributed by atoms with E-state index < -0.39 is 6.04 Å². The third-order valence-electron chi connectivity index (χ3n) is 7.28. The fourth-order valence-electron chi connectivity index (χ4n) is 5.73. The average molecular weight is 426 g/mol. The van der Waals surface area contributed by atoms with Gasteiger partial charge in [-0.2, -0.15) is 0 Å². The summed E-state index contributed by atoms with van der Waals surface area (Å²) < 4.78 is 0. The van der Waals surface area contributed by atoms with Crippen molar-refractivity contribution < 1.29 is 9.59 Å². The van der Waals surface area contributed by atoms with Crippen LogP contribution < -0.4 is 5.32 Å². The molecule has 0 spiro atoms. The van der Waals surface area contributed by atoms with Crippen molar-refractivity contribution in [1.82, 2.24) is 15.2 Å². The number of aromatic nitrogens is 1. The van der Waals surface area contributed by atoms with Gasteiger partial charge in [-0.1, -0.05) is 48.0 Å². The summed E-state index contributed by atoms with van der Waals surface area (Å²) in [5.41, 5.74) is 6.38. The van der Waals surface area contributed by atoms with Crippen molar-refractivity contribution in [2.24, 2.45) is 0 Å². The van der Waals surface area contributed by atoms with Gasteiger partial charge in [0.1, 0.15) is 6.04 Å². The average Bonchev–Trinajstić information content (AvgIpc) is 3.35. The Morgan fingerprint density at radius 1 is 1.09 bits per heavy atom. The maximum atomic E-state index is 13.4. The number of hydrogen-bond donors (Lipinski definition) is 2. The zero-order valence-corrected chi connectivity index (χ0v) is 18.1. The molecule has 6 rings (SSSR count). The van der Waals surface area contributed by atoms with Gasteiger partial charge in [0, 0.05) is 35.1 Å². The first-order valence-electron chi connectivity index (χ1n) is 11.7. The minimum atomic E-state index is -0.507. The lowest BCUT2D eigenvalue weighted by Gasteiger charge is -2.37. The molecule has 2 N–H and O–H groups in total. The highest BCUT2D eigenvalue weighted by Crippen LogP contribution is 2.46. The molecule has 0 saturated carbocycles. The Morgan fingerprint density at radius 3 is 2.81 bits per heavy atom. The number of allylic oxidation sites excluding steroid dienone is 1. The molecule has 0 radical (unpaired) electrons. The van der Waals surface area contributed by atoms with Crippen LogP contribution in [0.15, 0.2) is 60.2 Å². The number of fused-ring (bicyclic) bond motifs is 7. The standard InChI is InChI=1S/C27H27N3O2/c31-26(28-15-14-17-8-2-1-3-9-17)23-16-21-18-10-6-7-13-22(18)29-24(21)25-19-11-4-5-12-20(19)27(32)30(23)25/h4-8,10-13,23,25,29H,1-3,9,14-16H2,(H,28,31)/t23-,25+/m0/s1. The highest BCUT2D eigenvalue weighted by Gasteiger charge is 2.48. The fraction of sp³-hybridized carbons (Fsp3) is 0.333. The molecule has 0 fully saturated rings. The van der Waals surface area contributed by atoms with Crippen LogP contribution in [0.3, 0.4) is 0 Å². The summed E-state index contributed by atoms with van der Waals surface area (Å²) in [6, 6.07) is 15.2. The van der Waals surface area contributed by atoms with E-state index in [1.165, 1.54) is 18.4 Å². The topological polar surface area (TPSA) is 65.2 Å². The van der Waals surface area contributed by atoms with Gasteiger partial charge in [0.15, 0.2) is 0 Å². The SMILES string of the molecule is O=C(NCCC1=CCCCC1)[C@@H]1Cc2c([nH]c3ccccc23)[C@H]2c3ccccc3C(=O)N21. The molecule has 0 bridgehead atoms. The van der Waals surface area contributed by atoms with E-state index in [0.717, 1.165) is 47.0 Å². The Kier molecular flexibility index (Phi) is 4.63. The molecule has 0 saturated heterocycles. The van der Waals surface area contributed by atoms with Crippen molar-refractivity contribution >= 4 is 22.7 Å². The first kappa shape index (κ1) is 19.4. The summed E-state index contributed by atoms with van der Waals surface area (Å²) in [7, 11) is 0. The number of aromatic amines is 1. The van der Waals surface area contributed by atoms with Crippen molar-refractivity contribution in [2.45, 2.75) is 50.6 Å². The van der Waals surface area contributed by atoms with Crippen molar-refractivity contribution in [3.63, 3.8) is 0 Å². The van der Waals surface area contributed by atoms with E-state index in [2.05, 4.69) is 28.5 Å². The molecule has 0 unspecified atom stereocenters. The molecule has 2 amide bonds. The van der Waals surface area contributed by atoms with E-state index in [4.69, 9.17) is 0 Å². The van der Waals surface area contributed by atoms with Crippen LogP contribution in [0.5, 0.6) is 0 Å². The fourth-order valence-corrected chi connectivity index (χ4v) is 5.73. The summed E-state index contributed by atoms with van der Waals surface area (Å²) >= 11 is 0. The second-order valence-electron chi connectivity index (χ2n) is 9.13. The van der Waals surface area contributed by atoms with Crippen molar-refractivity contribution in [2.75, 3.05) is 6.54 Å². The van der Waals surface area contributed by atoms with E-state index in [1.54, 1.807) is 4.90 Å². The van der Waals surface area contributed by atoms with Crippen molar-refractivity contribution in [1.29, 1.82) is 0 Å². The summed E-state index contributed by atoms with van der Waals surface area (Å²) in [5.74, 6) is -0.103. The van der Waals surface area contributed by atoms with Crippen LogP contribution in [0.2, 0.25) is 0 Å². The van der Waals surface area contributed by atoms with E-state index in [9.17, 15) is 9.59 Å². The number of hydrogen-bond acceptors (Lipinski definition) is 2. The molecule has 3 aromatic rings.